The number of Topliss-reactive ketones (excluding diaryl/α,β-unsaturated/α-hetero) is 1. The third-order valence-corrected chi connectivity index (χ3v) is 5.33. The first-order valence-corrected chi connectivity index (χ1v) is 9.27. The fourth-order valence-electron chi connectivity index (χ4n) is 3.01. The van der Waals surface area contributed by atoms with Crippen molar-refractivity contribution >= 4 is 29.0 Å². The molecule has 128 valence electrons. The lowest BCUT2D eigenvalue weighted by Crippen LogP contribution is -2.27. The molecule has 1 saturated heterocycles. The number of ketones is 1. The van der Waals surface area contributed by atoms with Gasteiger partial charge in [-0.25, -0.2) is 4.98 Å². The molecule has 4 heterocycles. The van der Waals surface area contributed by atoms with Gasteiger partial charge >= 0.3 is 0 Å². The Bertz CT molecular complexity index is 924. The Labute approximate surface area is 149 Å². The lowest BCUT2D eigenvalue weighted by atomic mass is 10.2. The van der Waals surface area contributed by atoms with Crippen LogP contribution in [0.15, 0.2) is 48.0 Å². The van der Waals surface area contributed by atoms with Crippen LogP contribution in [0.1, 0.15) is 33.7 Å². The predicted octanol–water partition coefficient (Wildman–Crippen LogP) is 2.87. The Balaban J connectivity index is 1.42. The zero-order valence-corrected chi connectivity index (χ0v) is 14.5. The van der Waals surface area contributed by atoms with Crippen molar-refractivity contribution in [2.75, 3.05) is 18.8 Å². The molecule has 4 rings (SSSR count). The maximum absolute atomic E-state index is 12.4. The summed E-state index contributed by atoms with van der Waals surface area (Å²) < 4.78 is 1.96. The minimum atomic E-state index is -0.0246. The molecular weight excluding hydrogens is 336 g/mol. The van der Waals surface area contributed by atoms with E-state index in [-0.39, 0.29) is 17.4 Å². The number of likely N-dealkylation sites (tertiary alicyclic amines) is 1. The number of H-pyrrole nitrogens is 1. The summed E-state index contributed by atoms with van der Waals surface area (Å²) in [6.07, 6.45) is 7.43. The number of nitrogens with one attached hydrogen (secondary N) is 1. The molecule has 0 spiro atoms. The Morgan fingerprint density at radius 3 is 2.92 bits per heavy atom. The van der Waals surface area contributed by atoms with Crippen molar-refractivity contribution in [2.45, 2.75) is 18.0 Å². The third kappa shape index (κ3) is 3.19. The van der Waals surface area contributed by atoms with Crippen LogP contribution in [-0.4, -0.2) is 49.8 Å². The molecule has 1 fully saturated rings. The lowest BCUT2D eigenvalue weighted by Gasteiger charge is -2.13. The van der Waals surface area contributed by atoms with Gasteiger partial charge < -0.3 is 9.88 Å². The highest BCUT2D eigenvalue weighted by molar-refractivity contribution is 7.99. The maximum Gasteiger partial charge on any atom is 0.270 e. The van der Waals surface area contributed by atoms with Crippen LogP contribution in [0.3, 0.4) is 0 Å². The van der Waals surface area contributed by atoms with Crippen molar-refractivity contribution in [2.24, 2.45) is 0 Å². The number of hydrogen-bond acceptors (Lipinski definition) is 4. The van der Waals surface area contributed by atoms with Crippen LogP contribution in [0.2, 0.25) is 0 Å². The molecule has 0 saturated carbocycles. The quantitative estimate of drug-likeness (QED) is 0.565. The van der Waals surface area contributed by atoms with Gasteiger partial charge in [0.15, 0.2) is 10.9 Å². The summed E-state index contributed by atoms with van der Waals surface area (Å²) in [5.41, 5.74) is 2.02. The van der Waals surface area contributed by atoms with E-state index < -0.39 is 0 Å². The van der Waals surface area contributed by atoms with Gasteiger partial charge in [-0.2, -0.15) is 0 Å². The number of imidazole rings is 1. The Morgan fingerprint density at radius 2 is 2.08 bits per heavy atom. The van der Waals surface area contributed by atoms with E-state index >= 15 is 0 Å². The largest absolute Gasteiger partial charge is 0.356 e. The number of amides is 1. The second-order valence-corrected chi connectivity index (χ2v) is 6.99. The molecule has 0 aromatic carbocycles. The number of pyridine rings is 1. The second kappa shape index (κ2) is 6.76. The Morgan fingerprint density at radius 1 is 1.24 bits per heavy atom. The number of carbonyl (C=O) groups excluding carboxylic acids is 2. The monoisotopic (exact) mass is 354 g/mol. The molecule has 25 heavy (non-hydrogen) atoms. The molecule has 0 aliphatic carbocycles. The molecule has 7 heteroatoms. The van der Waals surface area contributed by atoms with Crippen LogP contribution < -0.4 is 0 Å². The number of thioether (sulfide) groups is 1. The number of carbonyl (C=O) groups is 2. The van der Waals surface area contributed by atoms with Crippen LogP contribution in [0.25, 0.3) is 5.52 Å². The van der Waals surface area contributed by atoms with E-state index in [4.69, 9.17) is 0 Å². The van der Waals surface area contributed by atoms with Gasteiger partial charge in [0.2, 0.25) is 0 Å². The van der Waals surface area contributed by atoms with Crippen molar-refractivity contribution in [1.29, 1.82) is 0 Å². The number of aromatic amines is 1. The number of hydrogen-bond donors (Lipinski definition) is 1. The molecule has 3 aromatic heterocycles. The first-order valence-electron chi connectivity index (χ1n) is 8.28. The molecule has 1 aliphatic heterocycles. The molecule has 0 atom stereocenters. The van der Waals surface area contributed by atoms with Crippen molar-refractivity contribution in [3.63, 3.8) is 0 Å². The van der Waals surface area contributed by atoms with E-state index in [1.54, 1.807) is 18.5 Å². The summed E-state index contributed by atoms with van der Waals surface area (Å²) in [6, 6.07) is 7.52. The van der Waals surface area contributed by atoms with Gasteiger partial charge in [-0.05, 0) is 31.0 Å². The van der Waals surface area contributed by atoms with Crippen LogP contribution in [-0.2, 0) is 0 Å². The van der Waals surface area contributed by atoms with Gasteiger partial charge in [0.05, 0.1) is 17.5 Å². The van der Waals surface area contributed by atoms with Gasteiger partial charge in [-0.3, -0.25) is 14.0 Å². The van der Waals surface area contributed by atoms with Crippen LogP contribution in [0.5, 0.6) is 0 Å². The SMILES string of the molecule is O=C(CSc1ncc2ccccn12)c1c[nH]c(C(=O)N2CCCC2)c1. The molecule has 1 aliphatic rings. The molecule has 0 bridgehead atoms. The normalized spacial score (nSPS) is 14.3. The predicted molar refractivity (Wildman–Crippen MR) is 96.2 cm³/mol. The highest BCUT2D eigenvalue weighted by atomic mass is 32.2. The van der Waals surface area contributed by atoms with E-state index in [1.807, 2.05) is 33.7 Å². The second-order valence-electron chi connectivity index (χ2n) is 6.05. The maximum atomic E-state index is 12.4. The van der Waals surface area contributed by atoms with Gasteiger partial charge in [0, 0.05) is 31.0 Å². The minimum absolute atomic E-state index is 0.0191. The average molecular weight is 354 g/mol. The topological polar surface area (TPSA) is 70.5 Å². The van der Waals surface area contributed by atoms with Gasteiger partial charge in [-0.15, -0.1) is 0 Å². The fraction of sp³-hybridized carbons (Fsp3) is 0.278. The smallest absolute Gasteiger partial charge is 0.270 e. The van der Waals surface area contributed by atoms with Crippen LogP contribution in [0.4, 0.5) is 0 Å². The highest BCUT2D eigenvalue weighted by Crippen LogP contribution is 2.20. The summed E-state index contributed by atoms with van der Waals surface area (Å²) in [7, 11) is 0. The highest BCUT2D eigenvalue weighted by Gasteiger charge is 2.21. The molecule has 0 radical (unpaired) electrons. The van der Waals surface area contributed by atoms with Crippen molar-refractivity contribution in [3.8, 4) is 0 Å². The van der Waals surface area contributed by atoms with E-state index in [1.165, 1.54) is 11.8 Å². The lowest BCUT2D eigenvalue weighted by molar-refractivity contribution is 0.0787. The number of rotatable bonds is 5. The zero-order valence-electron chi connectivity index (χ0n) is 13.6. The van der Waals surface area contributed by atoms with Crippen molar-refractivity contribution in [1.82, 2.24) is 19.3 Å². The zero-order chi connectivity index (χ0) is 17.2. The molecule has 1 amide bonds. The Kier molecular flexibility index (Phi) is 4.31. The number of fused-ring (bicyclic) bond motifs is 1. The molecule has 1 N–H and O–H groups in total. The van der Waals surface area contributed by atoms with Crippen molar-refractivity contribution < 1.29 is 9.59 Å². The van der Waals surface area contributed by atoms with Gasteiger partial charge in [-0.1, -0.05) is 17.8 Å². The summed E-state index contributed by atoms with van der Waals surface area (Å²) in [5, 5.41) is 0.785. The molecule has 0 unspecified atom stereocenters. The summed E-state index contributed by atoms with van der Waals surface area (Å²) in [6.45, 7) is 1.59. The van der Waals surface area contributed by atoms with Crippen LogP contribution >= 0.6 is 11.8 Å². The standard InChI is InChI=1S/C18H18N4O2S/c23-16(12-25-18-20-11-14-5-1-2-8-22(14)18)13-9-15(19-10-13)17(24)21-6-3-4-7-21/h1-2,5,8-11,19H,3-4,6-7,12H2. The fourth-order valence-corrected chi connectivity index (χ4v) is 3.87. The molecular formula is C18H18N4O2S. The number of aromatic nitrogens is 3. The first-order chi connectivity index (χ1) is 12.2. The summed E-state index contributed by atoms with van der Waals surface area (Å²) >= 11 is 1.40. The number of nitrogens with zero attached hydrogens (tertiary/aromatic N) is 3. The van der Waals surface area contributed by atoms with E-state index in [2.05, 4.69) is 9.97 Å². The van der Waals surface area contributed by atoms with E-state index in [0.29, 0.717) is 11.3 Å². The first kappa shape index (κ1) is 16.0. The van der Waals surface area contributed by atoms with Crippen LogP contribution in [0, 0.1) is 0 Å². The minimum Gasteiger partial charge on any atom is -0.356 e. The third-order valence-electron chi connectivity index (χ3n) is 4.37. The average Bonchev–Trinajstić information content (AvgIpc) is 3.39. The molecule has 6 nitrogen and oxygen atoms in total. The Hall–Kier alpha value is -2.54. The van der Waals surface area contributed by atoms with Gasteiger partial charge in [0.1, 0.15) is 5.69 Å². The molecule has 3 aromatic rings. The van der Waals surface area contributed by atoms with E-state index in [0.717, 1.165) is 36.6 Å². The summed E-state index contributed by atoms with van der Waals surface area (Å²) in [5.74, 6) is 0.237. The van der Waals surface area contributed by atoms with E-state index in [9.17, 15) is 9.59 Å². The van der Waals surface area contributed by atoms with Crippen molar-refractivity contribution in [3.05, 3.63) is 54.1 Å². The van der Waals surface area contributed by atoms with Gasteiger partial charge in [0.25, 0.3) is 5.91 Å². The summed E-state index contributed by atoms with van der Waals surface area (Å²) in [4.78, 5) is 33.9.